The van der Waals surface area contributed by atoms with Crippen LogP contribution in [0.25, 0.3) is 0 Å². The Morgan fingerprint density at radius 3 is 2.29 bits per heavy atom. The van der Waals surface area contributed by atoms with Crippen LogP contribution in [0.1, 0.15) is 30.6 Å². The Morgan fingerprint density at radius 2 is 1.67 bits per heavy atom. The lowest BCUT2D eigenvalue weighted by molar-refractivity contribution is -0.693. The van der Waals surface area contributed by atoms with Gasteiger partial charge in [-0.05, 0) is 30.5 Å². The first-order chi connectivity index (χ1) is 11.2. The van der Waals surface area contributed by atoms with Gasteiger partial charge < -0.3 is 22.8 Å². The highest BCUT2D eigenvalue weighted by Gasteiger charge is 2.18. The molecule has 2 aromatic rings. The van der Waals surface area contributed by atoms with Crippen LogP contribution in [0.4, 0.5) is 0 Å². The van der Waals surface area contributed by atoms with E-state index in [9.17, 15) is 9.90 Å². The average Bonchev–Trinajstić information content (AvgIpc) is 2.61. The maximum atomic E-state index is 11.8. The number of aliphatic hydroxyl groups is 1. The zero-order valence-corrected chi connectivity index (χ0v) is 14.4. The molecule has 0 spiro atoms. The van der Waals surface area contributed by atoms with Crippen LogP contribution in [0.15, 0.2) is 60.7 Å². The van der Waals surface area contributed by atoms with E-state index in [0.717, 1.165) is 11.1 Å². The van der Waals surface area contributed by atoms with Crippen LogP contribution in [-0.2, 0) is 4.79 Å². The van der Waals surface area contributed by atoms with E-state index in [1.54, 1.807) is 0 Å². The normalized spacial score (nSPS) is 12.2. The quantitative estimate of drug-likeness (QED) is 0.640. The topological polar surface area (TPSA) is 53.9 Å². The number of ketones is 1. The molecule has 2 unspecified atom stereocenters. The number of carbonyl (C=O) groups excluding carboxylic acids is 1. The summed E-state index contributed by atoms with van der Waals surface area (Å²) in [5.74, 6) is 5.45. The van der Waals surface area contributed by atoms with Gasteiger partial charge in [0.25, 0.3) is 0 Å². The molecule has 0 aliphatic rings. The molecule has 0 radical (unpaired) electrons. The Kier molecular flexibility index (Phi) is 8.81. The molecule has 126 valence electrons. The van der Waals surface area contributed by atoms with E-state index < -0.39 is 6.10 Å². The van der Waals surface area contributed by atoms with Crippen LogP contribution in [0.2, 0.25) is 0 Å². The summed E-state index contributed by atoms with van der Waals surface area (Å²) in [4.78, 5) is 11.8. The molecule has 4 heteroatoms. The molecule has 2 atom stereocenters. The average molecular weight is 344 g/mol. The van der Waals surface area contributed by atoms with E-state index in [1.807, 2.05) is 72.9 Å². The lowest BCUT2D eigenvalue weighted by Gasteiger charge is -2.17. The lowest BCUT2D eigenvalue weighted by Crippen LogP contribution is -3.00. The van der Waals surface area contributed by atoms with Crippen LogP contribution in [0.5, 0.6) is 0 Å². The number of carbonyl (C=O) groups is 1. The second-order valence-corrected chi connectivity index (χ2v) is 5.53. The van der Waals surface area contributed by atoms with E-state index in [-0.39, 0.29) is 24.2 Å². The molecule has 0 amide bonds. The van der Waals surface area contributed by atoms with Crippen LogP contribution >= 0.6 is 0 Å². The van der Waals surface area contributed by atoms with Crippen LogP contribution < -0.4 is 17.7 Å². The van der Waals surface area contributed by atoms with Gasteiger partial charge in [-0.25, -0.2) is 0 Å². The third-order valence-corrected chi connectivity index (χ3v) is 3.67. The van der Waals surface area contributed by atoms with E-state index >= 15 is 0 Å². The number of hydrogen-bond acceptors (Lipinski definition) is 2. The third kappa shape index (κ3) is 6.55. The van der Waals surface area contributed by atoms with Crippen molar-refractivity contribution in [3.8, 4) is 11.8 Å². The highest BCUT2D eigenvalue weighted by atomic mass is 35.5. The minimum atomic E-state index is -0.540. The summed E-state index contributed by atoms with van der Waals surface area (Å²) >= 11 is 0. The number of benzene rings is 2. The molecule has 0 heterocycles. The maximum absolute atomic E-state index is 11.8. The van der Waals surface area contributed by atoms with Crippen molar-refractivity contribution in [3.63, 3.8) is 0 Å². The van der Waals surface area contributed by atoms with E-state index in [0.29, 0.717) is 13.0 Å². The molecule has 2 aromatic carbocycles. The Morgan fingerprint density at radius 1 is 1.08 bits per heavy atom. The van der Waals surface area contributed by atoms with Crippen molar-refractivity contribution < 1.29 is 27.6 Å². The monoisotopic (exact) mass is 343 g/mol. The number of quaternary nitrogens is 1. The van der Waals surface area contributed by atoms with Crippen molar-refractivity contribution in [2.24, 2.45) is 0 Å². The van der Waals surface area contributed by atoms with Gasteiger partial charge >= 0.3 is 0 Å². The summed E-state index contributed by atoms with van der Waals surface area (Å²) in [5, 5.41) is 12.2. The van der Waals surface area contributed by atoms with Gasteiger partial charge in [-0.2, -0.15) is 0 Å². The van der Waals surface area contributed by atoms with E-state index in [1.165, 1.54) is 0 Å². The van der Waals surface area contributed by atoms with Crippen molar-refractivity contribution in [2.45, 2.75) is 25.5 Å². The fourth-order valence-corrected chi connectivity index (χ4v) is 2.29. The van der Waals surface area contributed by atoms with Gasteiger partial charge in [-0.3, -0.25) is 4.79 Å². The van der Waals surface area contributed by atoms with Crippen molar-refractivity contribution in [2.75, 3.05) is 6.54 Å². The standard InChI is InChI=1S/C20H21NO2.ClH/c1-16(20(23)18-10-6-3-7-11-18)21-15-14-19(22)13-12-17-8-4-2-5-9-17;/h2-11,16,20-21,23H,14-15H2,1H3;1H. The van der Waals surface area contributed by atoms with E-state index in [2.05, 4.69) is 11.8 Å². The SMILES string of the molecule is CC([NH2+]CCC(=O)C#Cc1ccccc1)C(O)c1ccccc1.[Cl-]. The molecule has 3 N–H and O–H groups in total. The molecule has 2 rings (SSSR count). The summed E-state index contributed by atoms with van der Waals surface area (Å²) in [6, 6.07) is 19.0. The van der Waals surface area contributed by atoms with Crippen molar-refractivity contribution in [3.05, 3.63) is 71.8 Å². The Hall–Kier alpha value is -2.12. The van der Waals surface area contributed by atoms with Crippen LogP contribution in [0.3, 0.4) is 0 Å². The Bertz CT molecular complexity index is 677. The first-order valence-electron chi connectivity index (χ1n) is 7.83. The van der Waals surface area contributed by atoms with Gasteiger partial charge in [0, 0.05) is 5.56 Å². The number of hydrogen-bond donors (Lipinski definition) is 2. The van der Waals surface area contributed by atoms with Crippen molar-refractivity contribution in [1.29, 1.82) is 0 Å². The van der Waals surface area contributed by atoms with Crippen LogP contribution in [-0.4, -0.2) is 23.5 Å². The van der Waals surface area contributed by atoms with Gasteiger partial charge in [0.15, 0.2) is 0 Å². The lowest BCUT2D eigenvalue weighted by atomic mass is 10.0. The molecule has 3 nitrogen and oxygen atoms in total. The second kappa shape index (κ2) is 10.6. The predicted octanol–water partition coefficient (Wildman–Crippen LogP) is -1.31. The minimum absolute atomic E-state index is 0. The smallest absolute Gasteiger partial charge is 0.211 e. The first kappa shape index (κ1) is 19.9. The largest absolute Gasteiger partial charge is 1.00 e. The van der Waals surface area contributed by atoms with Crippen molar-refractivity contribution >= 4 is 5.78 Å². The molecule has 0 saturated heterocycles. The molecule has 0 aromatic heterocycles. The summed E-state index contributed by atoms with van der Waals surface area (Å²) in [6.45, 7) is 2.57. The molecular weight excluding hydrogens is 322 g/mol. The van der Waals surface area contributed by atoms with E-state index in [4.69, 9.17) is 0 Å². The number of rotatable bonds is 6. The summed E-state index contributed by atoms with van der Waals surface area (Å²) < 4.78 is 0. The molecule has 0 aliphatic heterocycles. The van der Waals surface area contributed by atoms with Gasteiger partial charge in [0.2, 0.25) is 5.78 Å². The van der Waals surface area contributed by atoms with Crippen molar-refractivity contribution in [1.82, 2.24) is 0 Å². The Balaban J connectivity index is 0.00000288. The van der Waals surface area contributed by atoms with Crippen LogP contribution in [0, 0.1) is 11.8 Å². The second-order valence-electron chi connectivity index (χ2n) is 5.53. The van der Waals surface area contributed by atoms with Gasteiger partial charge in [-0.1, -0.05) is 54.5 Å². The highest BCUT2D eigenvalue weighted by molar-refractivity contribution is 5.96. The number of halogens is 1. The van der Waals surface area contributed by atoms with Gasteiger partial charge in [0.1, 0.15) is 12.1 Å². The zero-order valence-electron chi connectivity index (χ0n) is 13.7. The first-order valence-corrected chi connectivity index (χ1v) is 7.83. The van der Waals surface area contributed by atoms with Gasteiger partial charge in [-0.15, -0.1) is 0 Å². The highest BCUT2D eigenvalue weighted by Crippen LogP contribution is 2.13. The molecule has 24 heavy (non-hydrogen) atoms. The molecular formula is C20H22ClNO2. The third-order valence-electron chi connectivity index (χ3n) is 3.67. The molecule has 0 aliphatic carbocycles. The van der Waals surface area contributed by atoms with Gasteiger partial charge in [0.05, 0.1) is 13.0 Å². The summed E-state index contributed by atoms with van der Waals surface area (Å²) in [7, 11) is 0. The Labute approximate surface area is 149 Å². The molecule has 0 bridgehead atoms. The summed E-state index contributed by atoms with van der Waals surface area (Å²) in [5.41, 5.74) is 1.74. The zero-order chi connectivity index (χ0) is 16.5. The summed E-state index contributed by atoms with van der Waals surface area (Å²) in [6.07, 6.45) is -0.159. The maximum Gasteiger partial charge on any atom is 0.211 e. The number of Topliss-reactive ketones (excluding diaryl/α,β-unsaturated/α-hetero) is 1. The molecule has 0 saturated carbocycles. The predicted molar refractivity (Wildman–Crippen MR) is 90.6 cm³/mol. The fourth-order valence-electron chi connectivity index (χ4n) is 2.29. The number of nitrogens with two attached hydrogens (primary N) is 1. The molecule has 0 fully saturated rings. The number of aliphatic hydroxyl groups excluding tert-OH is 1. The fraction of sp³-hybridized carbons (Fsp3) is 0.250. The minimum Gasteiger partial charge on any atom is -1.00 e.